The van der Waals surface area contributed by atoms with Gasteiger partial charge in [-0.2, -0.15) is 4.37 Å². The molecule has 0 saturated heterocycles. The first-order chi connectivity index (χ1) is 11.0. The number of carbonyl (C=O) groups excluding carboxylic acids is 1. The van der Waals surface area contributed by atoms with Crippen LogP contribution in [0.4, 0.5) is 10.7 Å². The van der Waals surface area contributed by atoms with Crippen LogP contribution in [0.1, 0.15) is 40.8 Å². The van der Waals surface area contributed by atoms with Crippen LogP contribution in [0.5, 0.6) is 0 Å². The molecule has 2 heterocycles. The van der Waals surface area contributed by atoms with Gasteiger partial charge in [-0.15, -0.1) is 11.3 Å². The molecule has 3 aromatic rings. The first-order valence-corrected chi connectivity index (χ1v) is 8.94. The van der Waals surface area contributed by atoms with Crippen molar-refractivity contribution in [2.75, 3.05) is 17.7 Å². The summed E-state index contributed by atoms with van der Waals surface area (Å²) in [6.45, 7) is 6.10. The number of rotatable bonds is 4. The van der Waals surface area contributed by atoms with Gasteiger partial charge in [-0.3, -0.25) is 4.79 Å². The summed E-state index contributed by atoms with van der Waals surface area (Å²) in [5, 5.41) is 7.86. The fourth-order valence-electron chi connectivity index (χ4n) is 2.27. The van der Waals surface area contributed by atoms with Crippen molar-refractivity contribution in [3.05, 3.63) is 34.5 Å². The van der Waals surface area contributed by atoms with Crippen molar-refractivity contribution in [3.63, 3.8) is 0 Å². The molecule has 2 aromatic heterocycles. The van der Waals surface area contributed by atoms with E-state index in [9.17, 15) is 4.79 Å². The lowest BCUT2D eigenvalue weighted by Gasteiger charge is -2.06. The lowest BCUT2D eigenvalue weighted by atomic mass is 10.2. The Kier molecular flexibility index (Phi) is 4.32. The van der Waals surface area contributed by atoms with Gasteiger partial charge in [0.05, 0.1) is 26.5 Å². The number of aromatic nitrogens is 2. The zero-order chi connectivity index (χ0) is 16.6. The Bertz CT molecular complexity index is 866. The molecule has 23 heavy (non-hydrogen) atoms. The molecule has 1 aromatic carbocycles. The summed E-state index contributed by atoms with van der Waals surface area (Å²) in [5.74, 6) is 0.261. The lowest BCUT2D eigenvalue weighted by Crippen LogP contribution is -2.13. The van der Waals surface area contributed by atoms with E-state index in [1.54, 1.807) is 18.4 Å². The molecule has 0 saturated carbocycles. The number of aryl methyl sites for hydroxylation is 1. The minimum atomic E-state index is -0.145. The van der Waals surface area contributed by atoms with Gasteiger partial charge in [-0.05, 0) is 36.7 Å². The van der Waals surface area contributed by atoms with Gasteiger partial charge in [0.15, 0.2) is 0 Å². The molecule has 0 radical (unpaired) electrons. The third-order valence-electron chi connectivity index (χ3n) is 3.47. The van der Waals surface area contributed by atoms with Crippen molar-refractivity contribution in [1.29, 1.82) is 0 Å². The highest BCUT2D eigenvalue weighted by Gasteiger charge is 2.18. The van der Waals surface area contributed by atoms with E-state index < -0.39 is 0 Å². The number of thiazole rings is 1. The van der Waals surface area contributed by atoms with Crippen LogP contribution in [0.25, 0.3) is 10.2 Å². The van der Waals surface area contributed by atoms with Crippen LogP contribution < -0.4 is 10.6 Å². The highest BCUT2D eigenvalue weighted by molar-refractivity contribution is 7.18. The standard InChI is InChI=1S/C16H18N4OS2/c1-8(2)15-19-11-6-5-10(7-12(11)22-15)18-14(21)13-9(3)20-23-16(13)17-4/h5-8,17H,1-4H3,(H,18,21). The quantitative estimate of drug-likeness (QED) is 0.731. The van der Waals surface area contributed by atoms with Crippen molar-refractivity contribution in [1.82, 2.24) is 9.36 Å². The average molecular weight is 346 g/mol. The van der Waals surface area contributed by atoms with Crippen LogP contribution >= 0.6 is 22.9 Å². The van der Waals surface area contributed by atoms with Gasteiger partial charge < -0.3 is 10.6 Å². The third kappa shape index (κ3) is 3.07. The maximum atomic E-state index is 12.5. The van der Waals surface area contributed by atoms with E-state index in [4.69, 9.17) is 0 Å². The number of amides is 1. The largest absolute Gasteiger partial charge is 0.378 e. The molecular weight excluding hydrogens is 328 g/mol. The molecule has 2 N–H and O–H groups in total. The summed E-state index contributed by atoms with van der Waals surface area (Å²) in [6, 6.07) is 5.81. The van der Waals surface area contributed by atoms with Crippen molar-refractivity contribution < 1.29 is 4.79 Å². The number of hydrogen-bond donors (Lipinski definition) is 2. The van der Waals surface area contributed by atoms with Crippen molar-refractivity contribution >= 4 is 49.7 Å². The molecule has 0 atom stereocenters. The Morgan fingerprint density at radius 2 is 2.09 bits per heavy atom. The third-order valence-corrected chi connectivity index (χ3v) is 5.75. The zero-order valence-corrected chi connectivity index (χ0v) is 15.1. The number of anilines is 2. The predicted molar refractivity (Wildman–Crippen MR) is 98.1 cm³/mol. The van der Waals surface area contributed by atoms with E-state index in [0.29, 0.717) is 11.5 Å². The molecule has 0 aliphatic carbocycles. The fourth-order valence-corrected chi connectivity index (χ4v) is 4.02. The van der Waals surface area contributed by atoms with Crippen LogP contribution in [-0.4, -0.2) is 22.3 Å². The number of nitrogens with zero attached hydrogens (tertiary/aromatic N) is 2. The molecule has 0 bridgehead atoms. The SMILES string of the molecule is CNc1snc(C)c1C(=O)Nc1ccc2nc(C(C)C)sc2c1. The lowest BCUT2D eigenvalue weighted by molar-refractivity contribution is 0.102. The first-order valence-electron chi connectivity index (χ1n) is 7.35. The molecule has 7 heteroatoms. The Hall–Kier alpha value is -1.99. The van der Waals surface area contributed by atoms with Gasteiger partial charge in [-0.1, -0.05) is 13.8 Å². The summed E-state index contributed by atoms with van der Waals surface area (Å²) in [7, 11) is 1.79. The van der Waals surface area contributed by atoms with Crippen LogP contribution in [0.15, 0.2) is 18.2 Å². The van der Waals surface area contributed by atoms with Gasteiger partial charge in [0.2, 0.25) is 0 Å². The Balaban J connectivity index is 1.89. The van der Waals surface area contributed by atoms with E-state index in [-0.39, 0.29) is 5.91 Å². The fraction of sp³-hybridized carbons (Fsp3) is 0.312. The Morgan fingerprint density at radius 1 is 1.30 bits per heavy atom. The second-order valence-electron chi connectivity index (χ2n) is 5.57. The summed E-state index contributed by atoms with van der Waals surface area (Å²) in [5.41, 5.74) is 3.08. The Morgan fingerprint density at radius 3 is 2.78 bits per heavy atom. The molecule has 0 spiro atoms. The Labute approximate surface area is 142 Å². The molecule has 3 rings (SSSR count). The van der Waals surface area contributed by atoms with Crippen LogP contribution in [0, 0.1) is 6.92 Å². The highest BCUT2D eigenvalue weighted by Crippen LogP contribution is 2.30. The number of benzene rings is 1. The molecule has 120 valence electrons. The molecule has 0 unspecified atom stereocenters. The van der Waals surface area contributed by atoms with Crippen LogP contribution in [-0.2, 0) is 0 Å². The number of fused-ring (bicyclic) bond motifs is 1. The summed E-state index contributed by atoms with van der Waals surface area (Å²) in [4.78, 5) is 17.1. The number of hydrogen-bond acceptors (Lipinski definition) is 6. The minimum absolute atomic E-state index is 0.145. The van der Waals surface area contributed by atoms with Crippen molar-refractivity contribution in [2.24, 2.45) is 0 Å². The van der Waals surface area contributed by atoms with Crippen molar-refractivity contribution in [3.8, 4) is 0 Å². The van der Waals surface area contributed by atoms with Gasteiger partial charge in [0, 0.05) is 18.7 Å². The van der Waals surface area contributed by atoms with Gasteiger partial charge in [0.25, 0.3) is 5.91 Å². The second kappa shape index (κ2) is 6.25. The number of carbonyl (C=O) groups is 1. The molecule has 0 aliphatic rings. The first kappa shape index (κ1) is 15.9. The maximum absolute atomic E-state index is 12.5. The molecular formula is C16H18N4OS2. The highest BCUT2D eigenvalue weighted by atomic mass is 32.1. The molecule has 1 amide bonds. The van der Waals surface area contributed by atoms with Gasteiger partial charge in [0.1, 0.15) is 5.00 Å². The molecule has 5 nitrogen and oxygen atoms in total. The van der Waals surface area contributed by atoms with E-state index in [1.165, 1.54) is 11.5 Å². The van der Waals surface area contributed by atoms with Crippen molar-refractivity contribution in [2.45, 2.75) is 26.7 Å². The topological polar surface area (TPSA) is 66.9 Å². The summed E-state index contributed by atoms with van der Waals surface area (Å²) in [6.07, 6.45) is 0. The van der Waals surface area contributed by atoms with Gasteiger partial charge >= 0.3 is 0 Å². The normalized spacial score (nSPS) is 11.2. The summed E-state index contributed by atoms with van der Waals surface area (Å²) >= 11 is 2.96. The van der Waals surface area contributed by atoms with Gasteiger partial charge in [-0.25, -0.2) is 4.98 Å². The van der Waals surface area contributed by atoms with E-state index in [0.717, 1.165) is 31.6 Å². The zero-order valence-electron chi connectivity index (χ0n) is 13.4. The average Bonchev–Trinajstić information content (AvgIpc) is 3.09. The number of nitrogens with one attached hydrogen (secondary N) is 2. The molecule has 0 fully saturated rings. The monoisotopic (exact) mass is 346 g/mol. The van der Waals surface area contributed by atoms with E-state index in [2.05, 4.69) is 33.8 Å². The van der Waals surface area contributed by atoms with E-state index in [1.807, 2.05) is 25.1 Å². The molecule has 0 aliphatic heterocycles. The minimum Gasteiger partial charge on any atom is -0.378 e. The maximum Gasteiger partial charge on any atom is 0.260 e. The van der Waals surface area contributed by atoms with Crippen LogP contribution in [0.2, 0.25) is 0 Å². The van der Waals surface area contributed by atoms with E-state index >= 15 is 0 Å². The predicted octanol–water partition coefficient (Wildman–Crippen LogP) is 4.48. The van der Waals surface area contributed by atoms with Crippen LogP contribution in [0.3, 0.4) is 0 Å². The summed E-state index contributed by atoms with van der Waals surface area (Å²) < 4.78 is 5.32. The smallest absolute Gasteiger partial charge is 0.260 e. The second-order valence-corrected chi connectivity index (χ2v) is 7.40.